The number of hydrogen-bond acceptors (Lipinski definition) is 18. The van der Waals surface area contributed by atoms with Crippen molar-refractivity contribution in [3.05, 3.63) is 354 Å². The molecule has 0 bridgehead atoms. The van der Waals surface area contributed by atoms with Crippen molar-refractivity contribution in [1.82, 2.24) is 0 Å². The van der Waals surface area contributed by atoms with Crippen molar-refractivity contribution in [2.45, 2.75) is 98.5 Å². The number of alkyl halides is 1. The zero-order chi connectivity index (χ0) is 90.5. The van der Waals surface area contributed by atoms with E-state index >= 15 is 0 Å². The number of methoxy groups -OCH3 is 2. The predicted molar refractivity (Wildman–Crippen MR) is 480 cm³/mol. The third kappa shape index (κ3) is 43.7. The minimum absolute atomic E-state index is 0. The number of aryl methyl sites for hydroxylation is 6. The number of fused-ring (bicyclic) bond motifs is 2. The van der Waals surface area contributed by atoms with E-state index in [-0.39, 0.29) is 72.4 Å². The van der Waals surface area contributed by atoms with Gasteiger partial charge in [-0.05, 0) is 221 Å². The van der Waals surface area contributed by atoms with Crippen LogP contribution in [0.4, 0.5) is 17.6 Å². The summed E-state index contributed by atoms with van der Waals surface area (Å²) >= 11 is 3.30. The average molecular weight is 1830 g/mol. The van der Waals surface area contributed by atoms with Gasteiger partial charge in [-0.15, -0.1) is 0 Å². The van der Waals surface area contributed by atoms with Gasteiger partial charge in [-0.1, -0.05) is 186 Å². The number of ether oxygens (including phenoxy) is 2. The number of carbonyl (C=O) groups excluding carboxylic acids is 1. The zero-order valence-electron chi connectivity index (χ0n) is 72.6. The number of aromatic carboxylic acids is 1. The molecule has 28 heteroatoms. The number of carboxylic acid groups (broad SMARTS) is 1. The Morgan fingerprint density at radius 3 is 1.29 bits per heavy atom. The van der Waals surface area contributed by atoms with Gasteiger partial charge in [-0.3, -0.25) is 13.9 Å². The Balaban J connectivity index is 0.000000712. The van der Waals surface area contributed by atoms with E-state index in [1.165, 1.54) is 48.5 Å². The van der Waals surface area contributed by atoms with Crippen LogP contribution >= 0.6 is 39.7 Å². The van der Waals surface area contributed by atoms with Crippen LogP contribution in [-0.4, -0.2) is 96.7 Å². The molecule has 10 aromatic carbocycles. The molecule has 0 saturated heterocycles. The number of carbonyl (C=O) groups is 2. The summed E-state index contributed by atoms with van der Waals surface area (Å²) in [5.74, 6) is -2.05. The van der Waals surface area contributed by atoms with E-state index in [2.05, 4.69) is 49.7 Å². The topological polar surface area (TPSA) is 291 Å². The molecule has 0 radical (unpaired) electrons. The summed E-state index contributed by atoms with van der Waals surface area (Å²) in [5.41, 5.74) is 13.6. The molecule has 1 N–H and O–H groups in total. The van der Waals surface area contributed by atoms with Crippen LogP contribution in [0.5, 0.6) is 0 Å². The Labute approximate surface area is 761 Å². The molecule has 0 atom stereocenters. The largest absolute Gasteiger partial charge is 1.00 e. The second-order valence-corrected chi connectivity index (χ2v) is 31.2. The van der Waals surface area contributed by atoms with E-state index in [4.69, 9.17) is 63.1 Å². The predicted octanol–water partition coefficient (Wildman–Crippen LogP) is 21.1. The average Bonchev–Trinajstić information content (AvgIpc) is 1.71. The second-order valence-electron chi connectivity index (χ2n) is 25.4. The fourth-order valence-corrected chi connectivity index (χ4v) is 15.3. The van der Waals surface area contributed by atoms with Crippen LogP contribution in [0.3, 0.4) is 0 Å². The molecule has 11 rings (SSSR count). The number of halogens is 5. The summed E-state index contributed by atoms with van der Waals surface area (Å²) in [6, 6.07) is 77.7. The van der Waals surface area contributed by atoms with Crippen molar-refractivity contribution < 1.29 is 114 Å². The fourth-order valence-electron chi connectivity index (χ4n) is 11.0. The third-order valence-electron chi connectivity index (χ3n) is 16.8. The van der Waals surface area contributed by atoms with E-state index in [0.29, 0.717) is 106 Å². The van der Waals surface area contributed by atoms with Gasteiger partial charge in [0.2, 0.25) is 0 Å². The van der Waals surface area contributed by atoms with E-state index in [1.807, 2.05) is 136 Å². The molecule has 0 heterocycles. The van der Waals surface area contributed by atoms with Gasteiger partial charge < -0.3 is 47.7 Å². The van der Waals surface area contributed by atoms with Gasteiger partial charge in [0.25, 0.3) is 0 Å². The monoisotopic (exact) mass is 1820 g/mol. The Morgan fingerprint density at radius 1 is 0.452 bits per heavy atom. The molecule has 650 valence electrons. The van der Waals surface area contributed by atoms with Crippen molar-refractivity contribution in [2.24, 2.45) is 0 Å². The van der Waals surface area contributed by atoms with Gasteiger partial charge in [-0.25, -0.2) is 22.4 Å². The number of rotatable bonds is 30. The van der Waals surface area contributed by atoms with Crippen LogP contribution in [-0.2, 0) is 100 Å². The van der Waals surface area contributed by atoms with Crippen molar-refractivity contribution in [1.29, 1.82) is 26.3 Å². The number of hydrogen-bond donors (Lipinski definition) is 1. The molecule has 0 aromatic heterocycles. The normalized spacial score (nSPS) is 10.7. The first kappa shape index (κ1) is 110. The fraction of sp³-hybridized carbons (Fsp3) is 0.281. The molecule has 0 spiro atoms. The first-order valence-corrected chi connectivity index (χ1v) is 45.1. The second kappa shape index (κ2) is 65.8. The molecule has 10 aromatic rings. The molecule has 0 fully saturated rings. The van der Waals surface area contributed by atoms with Crippen LogP contribution in [0.15, 0.2) is 237 Å². The van der Waals surface area contributed by atoms with Crippen LogP contribution in [0.25, 0.3) is 12.2 Å². The summed E-state index contributed by atoms with van der Waals surface area (Å²) in [5, 5.41) is 53.5. The first-order valence-electron chi connectivity index (χ1n) is 39.4. The number of nitriles is 5. The van der Waals surface area contributed by atoms with Gasteiger partial charge in [0, 0.05) is 30.7 Å². The minimum Gasteiger partial charge on any atom is -1.00 e. The van der Waals surface area contributed by atoms with Crippen molar-refractivity contribution in [2.75, 3.05) is 79.8 Å². The molecule has 0 unspecified atom stereocenters. The Hall–Kier alpha value is -9.74. The molecule has 0 aliphatic heterocycles. The SMILES string of the molecule is CCOP(=O)(CC#N)OCC.CCOP(=O)(Cc1ccccc1C#N)OCC.CCOP(OCC)OCC.COCCOC.N#Cc1ccccc1/C=C/c1ccc(F)cc1.N#Cc1ccccc1CBr.N#Cc1ccccc1CCc1ccc(F)cc1.O=C(O)c1ccccc1CCc1ccc(F)cc1.O=C1c2ccccc2CCc2ccc(F)cc21.[H-].[Na+]. The molecule has 124 heavy (non-hydrogen) atoms. The Bertz CT molecular complexity index is 5110. The molecule has 1 aliphatic carbocycles. The maximum atomic E-state index is 13.2. The van der Waals surface area contributed by atoms with Gasteiger partial charge in [0.05, 0.1) is 124 Å². The molecular formula is C96H106BrF4N5NaO14P3. The molecule has 0 amide bonds. The molecule has 19 nitrogen and oxygen atoms in total. The number of ketones is 1. The van der Waals surface area contributed by atoms with Crippen molar-refractivity contribution in [3.63, 3.8) is 0 Å². The Kier molecular flexibility index (Phi) is 58.6. The van der Waals surface area contributed by atoms with Crippen molar-refractivity contribution >= 4 is 63.6 Å². The third-order valence-corrected chi connectivity index (χ3v) is 22.6. The maximum Gasteiger partial charge on any atom is 1.00 e. The Morgan fingerprint density at radius 2 is 0.839 bits per heavy atom. The van der Waals surface area contributed by atoms with Crippen LogP contribution in [0.1, 0.15) is 154 Å². The number of nitrogens with zero attached hydrogens (tertiary/aromatic N) is 5. The van der Waals surface area contributed by atoms with E-state index < -0.39 is 29.8 Å². The molecular weight excluding hydrogens is 1720 g/mol. The van der Waals surface area contributed by atoms with E-state index in [9.17, 15) is 36.3 Å². The molecule has 1 aliphatic rings. The smallest absolute Gasteiger partial charge is 1.00 e. The van der Waals surface area contributed by atoms with Crippen LogP contribution in [0, 0.1) is 79.9 Å². The minimum atomic E-state index is -3.13. The first-order chi connectivity index (χ1) is 59.5. The zero-order valence-corrected chi connectivity index (χ0v) is 77.9. The van der Waals surface area contributed by atoms with Crippen molar-refractivity contribution in [3.8, 4) is 30.3 Å². The quantitative estimate of drug-likeness (QED) is 0.0109. The van der Waals surface area contributed by atoms with E-state index in [1.54, 1.807) is 133 Å². The summed E-state index contributed by atoms with van der Waals surface area (Å²) in [4.78, 5) is 23.3. The summed E-state index contributed by atoms with van der Waals surface area (Å²) < 4.78 is 120. The number of carboxylic acids is 1. The molecule has 0 saturated carbocycles. The van der Waals surface area contributed by atoms with E-state index in [0.717, 1.165) is 92.2 Å². The van der Waals surface area contributed by atoms with Gasteiger partial charge in [0.15, 0.2) is 5.78 Å². The van der Waals surface area contributed by atoms with Gasteiger partial charge in [0.1, 0.15) is 29.4 Å². The van der Waals surface area contributed by atoms with Crippen LogP contribution < -0.4 is 29.6 Å². The summed E-state index contributed by atoms with van der Waals surface area (Å²) in [7, 11) is -3.97. The summed E-state index contributed by atoms with van der Waals surface area (Å²) in [6.07, 6.45) is 8.25. The number of benzene rings is 10. The standard InChI is InChI=1S/C15H12FN.C15H10FN.C15H13FO2.C15H11FO.C12H16NO3P.C8H6BrN.C6H12NO3P.C6H15O3P.C4H10O2.Na.H/c2*16-15-9-6-12(7-10-15)5-8-13-3-1-2-4-14(13)11-17;16-13-9-6-11(7-10-13)5-8-12-3-1-2-4-14(12)15(17)18;16-12-8-7-11-6-5-10-3-1-2-4-13(10)15(17)14(11)9-12;1-3-15-17(14,16-4-2)10-12-8-6-5-7-11(12)9-13;9-5-7-3-1-2-4-8(7)6-10;1-3-9-11(8,6-5-7)10-4-2;1-4-7-10(8-5-2)9-6-3;1-5-3-4-6-2;;/h1-4,6-7,9-10H,5,8H2;1-10H;1-4,6-7,9-10H,5,8H2,(H,17,18);1-4,7-9H,5-6H2;5-8H,3-4,10H2,1-2H3;1-4H,5H2;3-4,6H2,1-2H3;4-6H2,1-3H3;3-4H2,1-2H3;;/q;;;;;;;;;+1;-1/b;8-5+;;;;;;;;;. The summed E-state index contributed by atoms with van der Waals surface area (Å²) in [6.45, 7) is 17.3. The maximum absolute atomic E-state index is 13.2. The van der Waals surface area contributed by atoms with Gasteiger partial charge in [-0.2, -0.15) is 26.3 Å². The van der Waals surface area contributed by atoms with Gasteiger partial charge >= 0.3 is 59.3 Å². The van der Waals surface area contributed by atoms with Crippen LogP contribution in [0.2, 0.25) is 0 Å².